The molecule has 1 aromatic heterocycles. The predicted octanol–water partition coefficient (Wildman–Crippen LogP) is 5.18. The van der Waals surface area contributed by atoms with Crippen LogP contribution in [0.15, 0.2) is 60.9 Å². The van der Waals surface area contributed by atoms with Gasteiger partial charge >= 0.3 is 0 Å². The van der Waals surface area contributed by atoms with Gasteiger partial charge in [-0.25, -0.2) is 0 Å². The Labute approximate surface area is 170 Å². The van der Waals surface area contributed by atoms with Crippen molar-refractivity contribution in [3.63, 3.8) is 0 Å². The molecule has 3 rings (SSSR count). The minimum atomic E-state index is -0.267. The number of nitrogens with one attached hydrogen (secondary N) is 2. The number of aromatic nitrogens is 1. The maximum Gasteiger partial charge on any atom is 0.257 e. The number of amides is 1. The zero-order valence-electron chi connectivity index (χ0n) is 17.0. The van der Waals surface area contributed by atoms with Crippen molar-refractivity contribution in [3.05, 3.63) is 72.1 Å². The van der Waals surface area contributed by atoms with Gasteiger partial charge in [0.15, 0.2) is 0 Å². The minimum Gasteiger partial charge on any atom is -0.495 e. The Morgan fingerprint density at radius 2 is 1.79 bits per heavy atom. The first kappa shape index (κ1) is 20.2. The van der Waals surface area contributed by atoms with E-state index in [1.807, 2.05) is 63.2 Å². The van der Waals surface area contributed by atoms with Crippen LogP contribution in [0.4, 0.5) is 17.1 Å². The van der Waals surface area contributed by atoms with Crippen molar-refractivity contribution in [1.82, 2.24) is 4.98 Å². The predicted molar refractivity (Wildman–Crippen MR) is 115 cm³/mol. The average Bonchev–Trinajstić information content (AvgIpc) is 2.69. The van der Waals surface area contributed by atoms with Gasteiger partial charge in [-0.1, -0.05) is 18.2 Å². The number of hydrogen-bond donors (Lipinski definition) is 2. The number of carbonyl (C=O) groups is 1. The number of aryl methyl sites for hydroxylation is 1. The third kappa shape index (κ3) is 5.25. The van der Waals surface area contributed by atoms with Crippen molar-refractivity contribution in [1.29, 1.82) is 0 Å². The third-order valence-electron chi connectivity index (χ3n) is 4.13. The quantitative estimate of drug-likeness (QED) is 0.580. The molecule has 0 saturated heterocycles. The summed E-state index contributed by atoms with van der Waals surface area (Å²) in [6.45, 7) is 5.91. The number of pyridine rings is 1. The number of ether oxygens (including phenoxy) is 2. The second-order valence-electron chi connectivity index (χ2n) is 6.91. The van der Waals surface area contributed by atoms with Crippen LogP contribution in [0.2, 0.25) is 0 Å². The number of benzene rings is 2. The van der Waals surface area contributed by atoms with Crippen LogP contribution in [-0.4, -0.2) is 24.1 Å². The zero-order valence-corrected chi connectivity index (χ0v) is 17.0. The molecule has 1 amide bonds. The lowest BCUT2D eigenvalue weighted by Crippen LogP contribution is -2.13. The molecule has 0 bridgehead atoms. The Balaban J connectivity index is 1.80. The first-order valence-electron chi connectivity index (χ1n) is 9.40. The van der Waals surface area contributed by atoms with Crippen molar-refractivity contribution in [2.45, 2.75) is 26.9 Å². The fourth-order valence-electron chi connectivity index (χ4n) is 2.83. The van der Waals surface area contributed by atoms with Crippen LogP contribution in [-0.2, 0) is 0 Å². The molecular weight excluding hydrogens is 366 g/mol. The van der Waals surface area contributed by atoms with Crippen molar-refractivity contribution in [3.8, 4) is 11.5 Å². The Morgan fingerprint density at radius 3 is 2.55 bits per heavy atom. The van der Waals surface area contributed by atoms with Crippen LogP contribution >= 0.6 is 0 Å². The summed E-state index contributed by atoms with van der Waals surface area (Å²) in [5.74, 6) is 1.07. The van der Waals surface area contributed by atoms with Gasteiger partial charge in [0.1, 0.15) is 11.5 Å². The number of anilines is 3. The summed E-state index contributed by atoms with van der Waals surface area (Å²) in [5.41, 5.74) is 3.57. The van der Waals surface area contributed by atoms with E-state index >= 15 is 0 Å². The van der Waals surface area contributed by atoms with Crippen LogP contribution in [0.25, 0.3) is 0 Å². The summed E-state index contributed by atoms with van der Waals surface area (Å²) in [6.07, 6.45) is 3.24. The van der Waals surface area contributed by atoms with Crippen LogP contribution in [0.3, 0.4) is 0 Å². The molecule has 0 fully saturated rings. The molecule has 29 heavy (non-hydrogen) atoms. The molecule has 0 radical (unpaired) electrons. The van der Waals surface area contributed by atoms with Crippen molar-refractivity contribution < 1.29 is 14.3 Å². The molecule has 6 heteroatoms. The van der Waals surface area contributed by atoms with Crippen LogP contribution in [0.1, 0.15) is 29.8 Å². The number of nitrogens with zero attached hydrogens (tertiary/aromatic N) is 1. The Kier molecular flexibility index (Phi) is 6.34. The van der Waals surface area contributed by atoms with E-state index in [1.165, 1.54) is 6.20 Å². The fourth-order valence-corrected chi connectivity index (χ4v) is 2.83. The first-order chi connectivity index (χ1) is 14.0. The molecule has 6 nitrogen and oxygen atoms in total. The van der Waals surface area contributed by atoms with Gasteiger partial charge in [0.25, 0.3) is 5.91 Å². The SMILES string of the molecule is COc1ccc(C)cc1NC(=O)c1cncc(Nc2ccccc2OC(C)C)c1. The van der Waals surface area contributed by atoms with Gasteiger partial charge in [-0.2, -0.15) is 0 Å². The smallest absolute Gasteiger partial charge is 0.257 e. The lowest BCUT2D eigenvalue weighted by molar-refractivity contribution is 0.102. The van der Waals surface area contributed by atoms with Crippen LogP contribution in [0, 0.1) is 6.92 Å². The fraction of sp³-hybridized carbons (Fsp3) is 0.217. The van der Waals surface area contributed by atoms with Gasteiger partial charge in [-0.3, -0.25) is 9.78 Å². The van der Waals surface area contributed by atoms with Gasteiger partial charge in [-0.05, 0) is 56.7 Å². The second kappa shape index (κ2) is 9.10. The van der Waals surface area contributed by atoms with E-state index in [2.05, 4.69) is 15.6 Å². The summed E-state index contributed by atoms with van der Waals surface area (Å²) >= 11 is 0. The minimum absolute atomic E-state index is 0.0532. The average molecular weight is 391 g/mol. The topological polar surface area (TPSA) is 72.5 Å². The van der Waals surface area contributed by atoms with Crippen molar-refractivity contribution >= 4 is 23.0 Å². The molecule has 0 atom stereocenters. The molecule has 2 aromatic carbocycles. The zero-order chi connectivity index (χ0) is 20.8. The van der Waals surface area contributed by atoms with E-state index in [-0.39, 0.29) is 12.0 Å². The van der Waals surface area contributed by atoms with Gasteiger partial charge in [0.05, 0.1) is 42.0 Å². The number of methoxy groups -OCH3 is 1. The lowest BCUT2D eigenvalue weighted by atomic mass is 10.2. The molecule has 150 valence electrons. The van der Waals surface area contributed by atoms with Crippen molar-refractivity contribution in [2.24, 2.45) is 0 Å². The van der Waals surface area contributed by atoms with E-state index in [4.69, 9.17) is 9.47 Å². The van der Waals surface area contributed by atoms with E-state index < -0.39 is 0 Å². The van der Waals surface area contributed by atoms with E-state index in [0.717, 1.165) is 17.0 Å². The summed E-state index contributed by atoms with van der Waals surface area (Å²) < 4.78 is 11.2. The summed E-state index contributed by atoms with van der Waals surface area (Å²) in [5, 5.41) is 6.17. The molecule has 0 saturated carbocycles. The highest BCUT2D eigenvalue weighted by Crippen LogP contribution is 2.29. The largest absolute Gasteiger partial charge is 0.495 e. The van der Waals surface area contributed by atoms with Gasteiger partial charge in [-0.15, -0.1) is 0 Å². The Bertz CT molecular complexity index is 1000. The first-order valence-corrected chi connectivity index (χ1v) is 9.40. The standard InChI is InChI=1S/C23H25N3O3/c1-15(2)29-22-8-6-5-7-19(22)25-18-12-17(13-24-14-18)23(27)26-20-11-16(3)9-10-21(20)28-4/h5-15,25H,1-4H3,(H,26,27). The van der Waals surface area contributed by atoms with Gasteiger partial charge in [0.2, 0.25) is 0 Å². The van der Waals surface area contributed by atoms with E-state index in [0.29, 0.717) is 22.7 Å². The van der Waals surface area contributed by atoms with Gasteiger partial charge in [0, 0.05) is 6.20 Å². The molecule has 0 aliphatic carbocycles. The molecule has 1 heterocycles. The molecule has 3 aromatic rings. The Hall–Kier alpha value is -3.54. The molecule has 0 spiro atoms. The highest BCUT2D eigenvalue weighted by atomic mass is 16.5. The number of rotatable bonds is 7. The maximum atomic E-state index is 12.8. The van der Waals surface area contributed by atoms with Crippen molar-refractivity contribution in [2.75, 3.05) is 17.7 Å². The molecule has 0 aliphatic rings. The number of carbonyl (C=O) groups excluding carboxylic acids is 1. The number of para-hydroxylation sites is 2. The van der Waals surface area contributed by atoms with Crippen LogP contribution < -0.4 is 20.1 Å². The number of hydrogen-bond acceptors (Lipinski definition) is 5. The molecule has 0 unspecified atom stereocenters. The Morgan fingerprint density at radius 1 is 1.00 bits per heavy atom. The molecule has 0 aliphatic heterocycles. The van der Waals surface area contributed by atoms with E-state index in [9.17, 15) is 4.79 Å². The lowest BCUT2D eigenvalue weighted by Gasteiger charge is -2.16. The molecular formula is C23H25N3O3. The monoisotopic (exact) mass is 391 g/mol. The van der Waals surface area contributed by atoms with Crippen LogP contribution in [0.5, 0.6) is 11.5 Å². The van der Waals surface area contributed by atoms with E-state index in [1.54, 1.807) is 19.4 Å². The second-order valence-corrected chi connectivity index (χ2v) is 6.91. The highest BCUT2D eigenvalue weighted by Gasteiger charge is 2.12. The van der Waals surface area contributed by atoms with Gasteiger partial charge < -0.3 is 20.1 Å². The summed E-state index contributed by atoms with van der Waals surface area (Å²) in [4.78, 5) is 17.0. The molecule has 2 N–H and O–H groups in total. The highest BCUT2D eigenvalue weighted by molar-refractivity contribution is 6.05. The third-order valence-corrected chi connectivity index (χ3v) is 4.13. The maximum absolute atomic E-state index is 12.8. The summed E-state index contributed by atoms with van der Waals surface area (Å²) in [6, 6.07) is 15.0. The normalized spacial score (nSPS) is 10.5. The summed E-state index contributed by atoms with van der Waals surface area (Å²) in [7, 11) is 1.57.